The Morgan fingerprint density at radius 1 is 1.16 bits per heavy atom. The Hall–Kier alpha value is -2.70. The fraction of sp³-hybridized carbons (Fsp3) is 0.158. The summed E-state index contributed by atoms with van der Waals surface area (Å²) in [6.45, 7) is 3.84. The van der Waals surface area contributed by atoms with Gasteiger partial charge in [-0.1, -0.05) is 31.2 Å². The van der Waals surface area contributed by atoms with Gasteiger partial charge in [0.05, 0.1) is 11.4 Å². The van der Waals surface area contributed by atoms with E-state index in [4.69, 9.17) is 5.73 Å². The molecule has 0 saturated carbocycles. The highest BCUT2D eigenvalue weighted by molar-refractivity contribution is 7.15. The van der Waals surface area contributed by atoms with Crippen LogP contribution in [0.5, 0.6) is 0 Å². The Labute approximate surface area is 150 Å². The van der Waals surface area contributed by atoms with Gasteiger partial charge in [0, 0.05) is 28.7 Å². The number of anilines is 2. The highest BCUT2D eigenvalue weighted by Crippen LogP contribution is 2.26. The molecule has 1 heterocycles. The molecule has 1 amide bonds. The molecule has 0 spiro atoms. The van der Waals surface area contributed by atoms with Crippen LogP contribution >= 0.6 is 11.3 Å². The van der Waals surface area contributed by atoms with Gasteiger partial charge in [-0.05, 0) is 30.8 Å². The van der Waals surface area contributed by atoms with Gasteiger partial charge in [0.1, 0.15) is 5.01 Å². The lowest BCUT2D eigenvalue weighted by atomic mass is 10.1. The summed E-state index contributed by atoms with van der Waals surface area (Å²) in [5.41, 5.74) is 8.60. The summed E-state index contributed by atoms with van der Waals surface area (Å²) in [5.74, 6) is -0.184. The Bertz CT molecular complexity index is 858. The van der Waals surface area contributed by atoms with Crippen LogP contribution in [0.1, 0.15) is 22.2 Å². The second-order valence-electron chi connectivity index (χ2n) is 5.53. The zero-order valence-electron chi connectivity index (χ0n) is 14.0. The molecule has 0 bridgehead atoms. The molecule has 0 aliphatic heterocycles. The second-order valence-corrected chi connectivity index (χ2v) is 6.65. The third-order valence-corrected chi connectivity index (χ3v) is 4.75. The number of amides is 1. The molecule has 0 aliphatic rings. The van der Waals surface area contributed by atoms with Gasteiger partial charge in [0.25, 0.3) is 5.91 Å². The maximum absolute atomic E-state index is 12.3. The average molecular weight is 352 g/mol. The number of carbonyl (C=O) groups is 1. The molecule has 0 saturated heterocycles. The summed E-state index contributed by atoms with van der Waals surface area (Å²) >= 11 is 1.65. The second kappa shape index (κ2) is 7.92. The third kappa shape index (κ3) is 4.23. The molecule has 3 rings (SSSR count). The molecule has 0 unspecified atom stereocenters. The molecule has 2 aromatic carbocycles. The lowest BCUT2D eigenvalue weighted by Gasteiger charge is -2.08. The van der Waals surface area contributed by atoms with Gasteiger partial charge < -0.3 is 16.4 Å². The Morgan fingerprint density at radius 3 is 2.64 bits per heavy atom. The standard InChI is InChI=1S/C19H20N4OS/c1-2-21-11-15-12-22-19(25-15)14-9-7-13(8-10-14)18(24)23-17-6-4-3-5-16(17)20/h3-10,12,21H,2,11,20H2,1H3,(H,23,24). The predicted octanol–water partition coefficient (Wildman–Crippen LogP) is 3.75. The van der Waals surface area contributed by atoms with E-state index in [1.807, 2.05) is 30.5 Å². The van der Waals surface area contributed by atoms with E-state index >= 15 is 0 Å². The highest BCUT2D eigenvalue weighted by Gasteiger charge is 2.09. The van der Waals surface area contributed by atoms with Crippen LogP contribution in [0, 0.1) is 0 Å². The number of nitrogens with two attached hydrogens (primary N) is 1. The minimum absolute atomic E-state index is 0.184. The average Bonchev–Trinajstić information content (AvgIpc) is 3.11. The van der Waals surface area contributed by atoms with Crippen molar-refractivity contribution in [1.82, 2.24) is 10.3 Å². The van der Waals surface area contributed by atoms with Gasteiger partial charge in [-0.15, -0.1) is 11.3 Å². The molecule has 25 heavy (non-hydrogen) atoms. The van der Waals surface area contributed by atoms with E-state index in [-0.39, 0.29) is 5.91 Å². The van der Waals surface area contributed by atoms with Crippen LogP contribution in [-0.4, -0.2) is 17.4 Å². The first kappa shape index (κ1) is 17.1. The van der Waals surface area contributed by atoms with Crippen LogP contribution in [0.2, 0.25) is 0 Å². The summed E-state index contributed by atoms with van der Waals surface area (Å²) in [7, 11) is 0. The maximum Gasteiger partial charge on any atom is 0.255 e. The molecule has 0 radical (unpaired) electrons. The van der Waals surface area contributed by atoms with Gasteiger partial charge in [-0.25, -0.2) is 4.98 Å². The third-order valence-electron chi connectivity index (χ3n) is 3.71. The van der Waals surface area contributed by atoms with Gasteiger partial charge in [-0.2, -0.15) is 0 Å². The Kier molecular flexibility index (Phi) is 5.42. The molecule has 5 nitrogen and oxygen atoms in total. The number of nitrogen functional groups attached to an aromatic ring is 1. The van der Waals surface area contributed by atoms with Crippen LogP contribution in [0.4, 0.5) is 11.4 Å². The van der Waals surface area contributed by atoms with Crippen molar-refractivity contribution in [2.24, 2.45) is 0 Å². The van der Waals surface area contributed by atoms with Crippen LogP contribution in [0.3, 0.4) is 0 Å². The van der Waals surface area contributed by atoms with Crippen LogP contribution < -0.4 is 16.4 Å². The van der Waals surface area contributed by atoms with Crippen molar-refractivity contribution in [2.75, 3.05) is 17.6 Å². The highest BCUT2D eigenvalue weighted by atomic mass is 32.1. The van der Waals surface area contributed by atoms with Gasteiger partial charge in [0.2, 0.25) is 0 Å². The van der Waals surface area contributed by atoms with E-state index in [1.54, 1.807) is 35.6 Å². The lowest BCUT2D eigenvalue weighted by Crippen LogP contribution is -2.12. The topological polar surface area (TPSA) is 80.0 Å². The quantitative estimate of drug-likeness (QED) is 0.590. The van der Waals surface area contributed by atoms with Crippen molar-refractivity contribution < 1.29 is 4.79 Å². The molecule has 3 aromatic rings. The largest absolute Gasteiger partial charge is 0.397 e. The first-order valence-corrected chi connectivity index (χ1v) is 8.90. The van der Waals surface area contributed by atoms with Crippen molar-refractivity contribution in [1.29, 1.82) is 0 Å². The number of carbonyl (C=O) groups excluding carboxylic acids is 1. The van der Waals surface area contributed by atoms with E-state index in [0.717, 1.165) is 23.7 Å². The monoisotopic (exact) mass is 352 g/mol. The Balaban J connectivity index is 1.70. The fourth-order valence-corrected chi connectivity index (χ4v) is 3.23. The smallest absolute Gasteiger partial charge is 0.255 e. The van der Waals surface area contributed by atoms with Gasteiger partial charge in [0.15, 0.2) is 0 Å². The van der Waals surface area contributed by atoms with Crippen LogP contribution in [0.25, 0.3) is 10.6 Å². The molecular formula is C19H20N4OS. The number of aromatic nitrogens is 1. The summed E-state index contributed by atoms with van der Waals surface area (Å²) in [6.07, 6.45) is 1.89. The number of nitrogens with one attached hydrogen (secondary N) is 2. The van der Waals surface area contributed by atoms with Crippen molar-refractivity contribution in [3.63, 3.8) is 0 Å². The summed E-state index contributed by atoms with van der Waals surface area (Å²) in [4.78, 5) is 18.0. The molecule has 6 heteroatoms. The summed E-state index contributed by atoms with van der Waals surface area (Å²) in [5, 5.41) is 7.07. The maximum atomic E-state index is 12.3. The number of hydrogen-bond acceptors (Lipinski definition) is 5. The Morgan fingerprint density at radius 2 is 1.92 bits per heavy atom. The molecule has 0 aliphatic carbocycles. The minimum Gasteiger partial charge on any atom is -0.397 e. The van der Waals surface area contributed by atoms with Crippen molar-refractivity contribution in [3.8, 4) is 10.6 Å². The van der Waals surface area contributed by atoms with E-state index in [1.165, 1.54) is 4.88 Å². The fourth-order valence-electron chi connectivity index (χ4n) is 2.34. The number of thiazole rings is 1. The molecule has 1 aromatic heterocycles. The minimum atomic E-state index is -0.184. The molecule has 128 valence electrons. The number of para-hydroxylation sites is 2. The van der Waals surface area contributed by atoms with E-state index in [2.05, 4.69) is 22.5 Å². The van der Waals surface area contributed by atoms with Crippen molar-refractivity contribution in [3.05, 3.63) is 65.2 Å². The zero-order valence-corrected chi connectivity index (χ0v) is 14.8. The van der Waals surface area contributed by atoms with E-state index in [9.17, 15) is 4.79 Å². The van der Waals surface area contributed by atoms with Crippen LogP contribution in [-0.2, 0) is 6.54 Å². The first-order chi connectivity index (χ1) is 12.2. The van der Waals surface area contributed by atoms with E-state index < -0.39 is 0 Å². The first-order valence-electron chi connectivity index (χ1n) is 8.09. The number of hydrogen-bond donors (Lipinski definition) is 3. The molecule has 0 fully saturated rings. The van der Waals surface area contributed by atoms with Gasteiger partial charge >= 0.3 is 0 Å². The normalized spacial score (nSPS) is 10.6. The van der Waals surface area contributed by atoms with Crippen molar-refractivity contribution >= 4 is 28.6 Å². The summed E-state index contributed by atoms with van der Waals surface area (Å²) < 4.78 is 0. The van der Waals surface area contributed by atoms with Crippen LogP contribution in [0.15, 0.2) is 54.7 Å². The SMILES string of the molecule is CCNCc1cnc(-c2ccc(C(=O)Nc3ccccc3N)cc2)s1. The van der Waals surface area contributed by atoms with Gasteiger partial charge in [-0.3, -0.25) is 4.79 Å². The van der Waals surface area contributed by atoms with E-state index in [0.29, 0.717) is 16.9 Å². The molecule has 4 N–H and O–H groups in total. The number of nitrogens with zero attached hydrogens (tertiary/aromatic N) is 1. The zero-order chi connectivity index (χ0) is 17.6. The molecule has 0 atom stereocenters. The predicted molar refractivity (Wildman–Crippen MR) is 104 cm³/mol. The number of benzene rings is 2. The number of rotatable bonds is 6. The van der Waals surface area contributed by atoms with Crippen molar-refractivity contribution in [2.45, 2.75) is 13.5 Å². The molecular weight excluding hydrogens is 332 g/mol. The summed E-state index contributed by atoms with van der Waals surface area (Å²) in [6, 6.07) is 14.6. The lowest BCUT2D eigenvalue weighted by molar-refractivity contribution is 0.102.